The van der Waals surface area contributed by atoms with Crippen LogP contribution in [0, 0.1) is 0 Å². The molecule has 2 heterocycles. The summed E-state index contributed by atoms with van der Waals surface area (Å²) >= 11 is 1.15. The van der Waals surface area contributed by atoms with Gasteiger partial charge in [-0.3, -0.25) is 14.0 Å². The second kappa shape index (κ2) is 4.59. The lowest BCUT2D eigenvalue weighted by atomic mass is 10.2. The van der Waals surface area contributed by atoms with Crippen LogP contribution in [-0.4, -0.2) is 17.8 Å². The number of nitrogens with one attached hydrogen (secondary N) is 2. The third kappa shape index (κ3) is 1.80. The first kappa shape index (κ1) is 13.3. The Balaban J connectivity index is 0.000000722. The first-order chi connectivity index (χ1) is 7.27. The van der Waals surface area contributed by atoms with Crippen LogP contribution in [0.4, 0.5) is 0 Å². The summed E-state index contributed by atoms with van der Waals surface area (Å²) in [6.07, 6.45) is 0. The Labute approximate surface area is 103 Å². The van der Waals surface area contributed by atoms with E-state index in [1.54, 1.807) is 12.1 Å². The number of rotatable bonds is 0. The third-order valence-electron chi connectivity index (χ3n) is 2.35. The average molecular weight is 245 g/mol. The van der Waals surface area contributed by atoms with E-state index in [0.717, 1.165) is 17.0 Å². The fraction of sp³-hybridized carbons (Fsp3) is 0.0909. The molecule has 2 N–H and O–H groups in total. The number of pyridine rings is 1. The van der Waals surface area contributed by atoms with Gasteiger partial charge >= 0.3 is 0 Å². The summed E-state index contributed by atoms with van der Waals surface area (Å²) in [7, 11) is 0. The number of benzene rings is 1. The predicted octanol–water partition coefficient (Wildman–Crippen LogP) is 1.69. The largest absolute Gasteiger partial charge is 0.345 e. The molecule has 0 aliphatic heterocycles. The molecule has 2 aromatic heterocycles. The van der Waals surface area contributed by atoms with Gasteiger partial charge in [0.15, 0.2) is 0 Å². The van der Waals surface area contributed by atoms with Gasteiger partial charge in [-0.2, -0.15) is 0 Å². The molecule has 4 nitrogen and oxygen atoms in total. The molecule has 0 atom stereocenters. The van der Waals surface area contributed by atoms with Gasteiger partial charge in [0.2, 0.25) is 5.43 Å². The molecule has 0 bridgehead atoms. The summed E-state index contributed by atoms with van der Waals surface area (Å²) in [4.78, 5) is 27.0. The molecule has 6 heteroatoms. The lowest BCUT2D eigenvalue weighted by Crippen LogP contribution is -2.11. The Morgan fingerprint density at radius 3 is 2.59 bits per heavy atom. The van der Waals surface area contributed by atoms with Crippen LogP contribution in [-0.2, 0) is 0 Å². The van der Waals surface area contributed by atoms with Gasteiger partial charge < -0.3 is 4.98 Å². The van der Waals surface area contributed by atoms with E-state index in [1.165, 1.54) is 0 Å². The van der Waals surface area contributed by atoms with Crippen LogP contribution in [0.15, 0.2) is 33.9 Å². The van der Waals surface area contributed by atoms with E-state index >= 15 is 0 Å². The quantitative estimate of drug-likeness (QED) is 0.592. The number of aromatic amines is 2. The van der Waals surface area contributed by atoms with Crippen molar-refractivity contribution in [3.05, 3.63) is 44.8 Å². The normalized spacial score (nSPS) is 9.88. The van der Waals surface area contributed by atoms with Crippen molar-refractivity contribution in [1.82, 2.24) is 9.36 Å². The molecule has 0 unspecified atom stereocenters. The lowest BCUT2D eigenvalue weighted by molar-refractivity contribution is 1.45. The standard InChI is InChI=1S/C10H6N2O2S.CH4.B/c13-8-5-3-1-2-4-6(5)11-10-7(8)9(14)12-15-10;;/h1-4H,(H,11,13)(H,12,14);1H4;. The van der Waals surface area contributed by atoms with Gasteiger partial charge in [0, 0.05) is 13.8 Å². The first-order valence-corrected chi connectivity index (χ1v) is 5.21. The summed E-state index contributed by atoms with van der Waals surface area (Å²) in [5.74, 6) is 0. The number of hydrogen-bond donors (Lipinski definition) is 2. The smallest absolute Gasteiger partial charge is 0.271 e. The zero-order chi connectivity index (χ0) is 10.4. The minimum Gasteiger partial charge on any atom is -0.345 e. The molecule has 0 saturated carbocycles. The summed E-state index contributed by atoms with van der Waals surface area (Å²) in [5, 5.41) is 0.771. The highest BCUT2D eigenvalue weighted by Crippen LogP contribution is 2.13. The molecule has 0 spiro atoms. The minimum absolute atomic E-state index is 0. The Morgan fingerprint density at radius 2 is 1.82 bits per heavy atom. The van der Waals surface area contributed by atoms with Crippen molar-refractivity contribution in [2.45, 2.75) is 7.43 Å². The molecular weight excluding hydrogens is 235 g/mol. The maximum atomic E-state index is 11.9. The summed E-state index contributed by atoms with van der Waals surface area (Å²) < 4.78 is 2.55. The molecule has 0 aliphatic carbocycles. The van der Waals surface area contributed by atoms with Gasteiger partial charge in [-0.25, -0.2) is 0 Å². The molecule has 0 amide bonds. The van der Waals surface area contributed by atoms with Crippen LogP contribution in [0.5, 0.6) is 0 Å². The van der Waals surface area contributed by atoms with Gasteiger partial charge in [-0.05, 0) is 23.7 Å². The lowest BCUT2D eigenvalue weighted by Gasteiger charge is -1.95. The zero-order valence-corrected chi connectivity index (χ0v) is 8.93. The SMILES string of the molecule is C.O=c1[nH]sc2[nH]c3ccccc3c(=O)c12.[B]. The molecule has 3 rings (SSSR count). The van der Waals surface area contributed by atoms with E-state index < -0.39 is 0 Å². The first-order valence-electron chi connectivity index (χ1n) is 4.39. The van der Waals surface area contributed by atoms with Crippen LogP contribution in [0.25, 0.3) is 21.1 Å². The number of fused-ring (bicyclic) bond motifs is 2. The third-order valence-corrected chi connectivity index (χ3v) is 3.14. The molecule has 17 heavy (non-hydrogen) atoms. The summed E-state index contributed by atoms with van der Waals surface area (Å²) in [5.41, 5.74) is 0.231. The van der Waals surface area contributed by atoms with Crippen molar-refractivity contribution in [2.75, 3.05) is 0 Å². The molecule has 3 aromatic rings. The number of para-hydroxylation sites is 1. The molecule has 0 saturated heterocycles. The summed E-state index contributed by atoms with van der Waals surface area (Å²) in [6, 6.07) is 7.16. The Hall–Kier alpha value is -1.82. The Morgan fingerprint density at radius 1 is 1.12 bits per heavy atom. The molecule has 3 radical (unpaired) electrons. The van der Waals surface area contributed by atoms with Crippen molar-refractivity contribution in [2.24, 2.45) is 0 Å². The van der Waals surface area contributed by atoms with Crippen molar-refractivity contribution < 1.29 is 0 Å². The van der Waals surface area contributed by atoms with Gasteiger partial charge in [-0.15, -0.1) is 0 Å². The van der Waals surface area contributed by atoms with E-state index in [1.807, 2.05) is 12.1 Å². The second-order valence-corrected chi connectivity index (χ2v) is 4.05. The zero-order valence-electron chi connectivity index (χ0n) is 8.11. The maximum Gasteiger partial charge on any atom is 0.271 e. The van der Waals surface area contributed by atoms with E-state index in [2.05, 4.69) is 9.36 Å². The van der Waals surface area contributed by atoms with E-state index in [4.69, 9.17) is 0 Å². The molecule has 0 aliphatic rings. The Bertz CT molecular complexity index is 772. The minimum atomic E-state index is -0.318. The van der Waals surface area contributed by atoms with Gasteiger partial charge in [0.25, 0.3) is 5.56 Å². The van der Waals surface area contributed by atoms with Crippen molar-refractivity contribution >= 4 is 41.1 Å². The average Bonchev–Trinajstić information content (AvgIpc) is 2.61. The fourth-order valence-corrected chi connectivity index (χ4v) is 2.39. The number of hydrogen-bond acceptors (Lipinski definition) is 3. The highest BCUT2D eigenvalue weighted by molar-refractivity contribution is 7.12. The van der Waals surface area contributed by atoms with Gasteiger partial charge in [-0.1, -0.05) is 19.6 Å². The molecular formula is C11H10BN2O2S. The van der Waals surface area contributed by atoms with Gasteiger partial charge in [0.1, 0.15) is 10.2 Å². The van der Waals surface area contributed by atoms with Crippen LogP contribution < -0.4 is 11.0 Å². The van der Waals surface area contributed by atoms with Crippen molar-refractivity contribution in [3.63, 3.8) is 0 Å². The van der Waals surface area contributed by atoms with Crippen LogP contribution in [0.1, 0.15) is 7.43 Å². The van der Waals surface area contributed by atoms with E-state index in [-0.39, 0.29) is 32.2 Å². The second-order valence-electron chi connectivity index (χ2n) is 3.24. The highest BCUT2D eigenvalue weighted by Gasteiger charge is 2.09. The fourth-order valence-electron chi connectivity index (χ4n) is 1.64. The predicted molar refractivity (Wildman–Crippen MR) is 73.1 cm³/mol. The van der Waals surface area contributed by atoms with E-state index in [9.17, 15) is 9.59 Å². The molecule has 0 fully saturated rings. The maximum absolute atomic E-state index is 11.9. The van der Waals surface area contributed by atoms with Crippen LogP contribution in [0.2, 0.25) is 0 Å². The topological polar surface area (TPSA) is 65.7 Å². The van der Waals surface area contributed by atoms with Crippen LogP contribution in [0.3, 0.4) is 0 Å². The highest BCUT2D eigenvalue weighted by atomic mass is 32.1. The van der Waals surface area contributed by atoms with Crippen LogP contribution >= 0.6 is 11.5 Å². The summed E-state index contributed by atoms with van der Waals surface area (Å²) in [6.45, 7) is 0. The molecule has 85 valence electrons. The number of H-pyrrole nitrogens is 2. The monoisotopic (exact) mass is 245 g/mol. The van der Waals surface area contributed by atoms with Crippen molar-refractivity contribution in [3.8, 4) is 0 Å². The number of aromatic nitrogens is 2. The Kier molecular flexibility index (Phi) is 3.58. The van der Waals surface area contributed by atoms with Gasteiger partial charge in [0.05, 0.1) is 5.52 Å². The van der Waals surface area contributed by atoms with Crippen molar-refractivity contribution in [1.29, 1.82) is 0 Å². The van der Waals surface area contributed by atoms with E-state index in [0.29, 0.717) is 10.2 Å². The molecule has 1 aromatic carbocycles.